The summed E-state index contributed by atoms with van der Waals surface area (Å²) >= 11 is 6.21. The molecule has 0 atom stereocenters. The quantitative estimate of drug-likeness (QED) is 0.593. The smallest absolute Gasteiger partial charge is 0.0441 e. The van der Waals surface area contributed by atoms with Crippen LogP contribution < -0.4 is 0 Å². The zero-order chi connectivity index (χ0) is 11.9. The molecular formula is C15H17Cl. The highest BCUT2D eigenvalue weighted by Crippen LogP contribution is 2.34. The number of rotatable bonds is 0. The highest BCUT2D eigenvalue weighted by Gasteiger charge is 2.18. The average molecular weight is 233 g/mol. The molecular weight excluding hydrogens is 216 g/mol. The highest BCUT2D eigenvalue weighted by molar-refractivity contribution is 6.32. The van der Waals surface area contributed by atoms with Gasteiger partial charge in [0.05, 0.1) is 0 Å². The van der Waals surface area contributed by atoms with Gasteiger partial charge >= 0.3 is 0 Å². The molecule has 0 radical (unpaired) electrons. The van der Waals surface area contributed by atoms with Crippen LogP contribution in [0, 0.1) is 6.92 Å². The molecule has 2 rings (SSSR count). The summed E-state index contributed by atoms with van der Waals surface area (Å²) in [7, 11) is 0. The summed E-state index contributed by atoms with van der Waals surface area (Å²) in [6.07, 6.45) is 0. The van der Waals surface area contributed by atoms with E-state index in [1.165, 1.54) is 21.9 Å². The molecule has 0 aliphatic heterocycles. The van der Waals surface area contributed by atoms with E-state index in [1.54, 1.807) is 0 Å². The predicted molar refractivity (Wildman–Crippen MR) is 72.4 cm³/mol. The van der Waals surface area contributed by atoms with Crippen molar-refractivity contribution in [2.24, 2.45) is 0 Å². The Labute approximate surface area is 102 Å². The largest absolute Gasteiger partial charge is 0.0840 e. The Kier molecular flexibility index (Phi) is 2.71. The summed E-state index contributed by atoms with van der Waals surface area (Å²) in [6, 6.07) is 10.5. The Hall–Kier alpha value is -1.01. The Morgan fingerprint density at radius 1 is 1.00 bits per heavy atom. The van der Waals surface area contributed by atoms with E-state index >= 15 is 0 Å². The van der Waals surface area contributed by atoms with E-state index in [-0.39, 0.29) is 5.41 Å². The lowest BCUT2D eigenvalue weighted by molar-refractivity contribution is 0.595. The number of hydrogen-bond acceptors (Lipinski definition) is 0. The maximum atomic E-state index is 6.21. The van der Waals surface area contributed by atoms with Crippen molar-refractivity contribution in [1.29, 1.82) is 0 Å². The van der Waals surface area contributed by atoms with Crippen LogP contribution in [0.25, 0.3) is 10.8 Å². The highest BCUT2D eigenvalue weighted by atomic mass is 35.5. The second-order valence-corrected chi connectivity index (χ2v) is 5.73. The normalized spacial score (nSPS) is 12.1. The van der Waals surface area contributed by atoms with Gasteiger partial charge in [-0.05, 0) is 40.3 Å². The zero-order valence-electron chi connectivity index (χ0n) is 10.3. The first-order valence-electron chi connectivity index (χ1n) is 5.59. The summed E-state index contributed by atoms with van der Waals surface area (Å²) in [5.74, 6) is 0. The molecule has 0 aliphatic carbocycles. The van der Waals surface area contributed by atoms with Crippen LogP contribution in [0.3, 0.4) is 0 Å². The number of aryl methyl sites for hydroxylation is 1. The molecule has 16 heavy (non-hydrogen) atoms. The second-order valence-electron chi connectivity index (χ2n) is 5.33. The molecule has 0 unspecified atom stereocenters. The van der Waals surface area contributed by atoms with Gasteiger partial charge in [-0.25, -0.2) is 0 Å². The topological polar surface area (TPSA) is 0 Å². The first kappa shape index (κ1) is 11.5. The van der Waals surface area contributed by atoms with Gasteiger partial charge in [-0.1, -0.05) is 56.6 Å². The van der Waals surface area contributed by atoms with Crippen molar-refractivity contribution in [2.75, 3.05) is 0 Å². The zero-order valence-corrected chi connectivity index (χ0v) is 11.0. The monoisotopic (exact) mass is 232 g/mol. The Morgan fingerprint density at radius 2 is 1.69 bits per heavy atom. The SMILES string of the molecule is Cc1c(Cl)ccc2cccc(C(C)(C)C)c12. The van der Waals surface area contributed by atoms with Crippen LogP contribution in [0.5, 0.6) is 0 Å². The number of fused-ring (bicyclic) bond motifs is 1. The fraction of sp³-hybridized carbons (Fsp3) is 0.333. The van der Waals surface area contributed by atoms with E-state index in [4.69, 9.17) is 11.6 Å². The van der Waals surface area contributed by atoms with Gasteiger partial charge in [-0.15, -0.1) is 0 Å². The van der Waals surface area contributed by atoms with Crippen LogP contribution in [-0.2, 0) is 5.41 Å². The molecule has 0 spiro atoms. The second kappa shape index (κ2) is 3.78. The van der Waals surface area contributed by atoms with E-state index in [9.17, 15) is 0 Å². The molecule has 0 saturated carbocycles. The van der Waals surface area contributed by atoms with E-state index in [0.29, 0.717) is 0 Å². The molecule has 0 heterocycles. The lowest BCUT2D eigenvalue weighted by atomic mass is 9.82. The summed E-state index contributed by atoms with van der Waals surface area (Å²) in [6.45, 7) is 8.81. The average Bonchev–Trinajstić information content (AvgIpc) is 2.21. The molecule has 0 nitrogen and oxygen atoms in total. The van der Waals surface area contributed by atoms with E-state index < -0.39 is 0 Å². The Morgan fingerprint density at radius 3 is 2.31 bits per heavy atom. The van der Waals surface area contributed by atoms with Crippen LogP contribution in [0.15, 0.2) is 30.3 Å². The van der Waals surface area contributed by atoms with Gasteiger partial charge in [0.1, 0.15) is 0 Å². The minimum Gasteiger partial charge on any atom is -0.0840 e. The summed E-state index contributed by atoms with van der Waals surface area (Å²) < 4.78 is 0. The molecule has 0 aliphatic rings. The van der Waals surface area contributed by atoms with Gasteiger partial charge in [-0.3, -0.25) is 0 Å². The van der Waals surface area contributed by atoms with Crippen molar-refractivity contribution in [1.82, 2.24) is 0 Å². The van der Waals surface area contributed by atoms with Crippen molar-refractivity contribution in [3.8, 4) is 0 Å². The van der Waals surface area contributed by atoms with Crippen molar-refractivity contribution < 1.29 is 0 Å². The van der Waals surface area contributed by atoms with E-state index in [1.807, 2.05) is 6.07 Å². The maximum Gasteiger partial charge on any atom is 0.0441 e. The van der Waals surface area contributed by atoms with Gasteiger partial charge in [0.15, 0.2) is 0 Å². The molecule has 0 N–H and O–H groups in total. The van der Waals surface area contributed by atoms with Crippen molar-refractivity contribution >= 4 is 22.4 Å². The third-order valence-corrected chi connectivity index (χ3v) is 3.46. The molecule has 0 fully saturated rings. The van der Waals surface area contributed by atoms with Crippen molar-refractivity contribution in [3.05, 3.63) is 46.5 Å². The standard InChI is InChI=1S/C15H17Cl/c1-10-13(16)9-8-11-6-5-7-12(14(10)11)15(2,3)4/h5-9H,1-4H3. The molecule has 0 amide bonds. The molecule has 2 aromatic carbocycles. The molecule has 1 heteroatoms. The minimum atomic E-state index is 0.148. The molecule has 0 saturated heterocycles. The molecule has 2 aromatic rings. The molecule has 0 aromatic heterocycles. The van der Waals surface area contributed by atoms with Gasteiger partial charge < -0.3 is 0 Å². The first-order valence-corrected chi connectivity index (χ1v) is 5.97. The van der Waals surface area contributed by atoms with Gasteiger partial charge in [0, 0.05) is 5.02 Å². The number of benzene rings is 2. The van der Waals surface area contributed by atoms with Crippen LogP contribution in [0.2, 0.25) is 5.02 Å². The van der Waals surface area contributed by atoms with Gasteiger partial charge in [-0.2, -0.15) is 0 Å². The van der Waals surface area contributed by atoms with Gasteiger partial charge in [0.25, 0.3) is 0 Å². The third-order valence-electron chi connectivity index (χ3n) is 3.05. The lowest BCUT2D eigenvalue weighted by Crippen LogP contribution is -2.12. The summed E-state index contributed by atoms with van der Waals surface area (Å²) in [5, 5.41) is 3.43. The van der Waals surface area contributed by atoms with E-state index in [2.05, 4.69) is 52.0 Å². The molecule has 0 bridgehead atoms. The van der Waals surface area contributed by atoms with Crippen LogP contribution in [0.4, 0.5) is 0 Å². The van der Waals surface area contributed by atoms with Gasteiger partial charge in [0.2, 0.25) is 0 Å². The fourth-order valence-electron chi connectivity index (χ4n) is 2.16. The molecule has 84 valence electrons. The van der Waals surface area contributed by atoms with Crippen LogP contribution in [-0.4, -0.2) is 0 Å². The number of halogens is 1. The van der Waals surface area contributed by atoms with Crippen LogP contribution in [0.1, 0.15) is 31.9 Å². The first-order chi connectivity index (χ1) is 7.41. The van der Waals surface area contributed by atoms with Crippen LogP contribution >= 0.6 is 11.6 Å². The van der Waals surface area contributed by atoms with Crippen molar-refractivity contribution in [2.45, 2.75) is 33.1 Å². The summed E-state index contributed by atoms with van der Waals surface area (Å²) in [4.78, 5) is 0. The predicted octanol–water partition coefficient (Wildman–Crippen LogP) is 5.10. The minimum absolute atomic E-state index is 0.148. The van der Waals surface area contributed by atoms with Crippen molar-refractivity contribution in [3.63, 3.8) is 0 Å². The Balaban J connectivity index is 2.91. The Bertz CT molecular complexity index is 533. The maximum absolute atomic E-state index is 6.21. The fourth-order valence-corrected chi connectivity index (χ4v) is 2.32. The summed E-state index contributed by atoms with van der Waals surface area (Å²) in [5.41, 5.74) is 2.70. The lowest BCUT2D eigenvalue weighted by Gasteiger charge is -2.22. The van der Waals surface area contributed by atoms with E-state index in [0.717, 1.165) is 5.02 Å². The number of hydrogen-bond donors (Lipinski definition) is 0. The third kappa shape index (κ3) is 1.82.